The normalized spacial score (nSPS) is 10.5. The fourth-order valence-electron chi connectivity index (χ4n) is 1.89. The number of halogens is 1. The van der Waals surface area contributed by atoms with Crippen LogP contribution in [-0.4, -0.2) is 7.11 Å². The first-order valence-corrected chi connectivity index (χ1v) is 6.26. The first kappa shape index (κ1) is 13.6. The number of aryl methyl sites for hydroxylation is 1. The maximum Gasteiger partial charge on any atom is 0.126 e. The molecule has 19 heavy (non-hydrogen) atoms. The number of nitrogens with one attached hydrogen (secondary N) is 1. The Morgan fingerprint density at radius 1 is 1.11 bits per heavy atom. The molecule has 3 heteroatoms. The van der Waals surface area contributed by atoms with E-state index in [9.17, 15) is 4.39 Å². The van der Waals surface area contributed by atoms with Crippen molar-refractivity contribution >= 4 is 5.69 Å². The highest BCUT2D eigenvalue weighted by Crippen LogP contribution is 2.14. The highest BCUT2D eigenvalue weighted by Gasteiger charge is 2.00. The molecule has 1 N–H and O–H groups in total. The van der Waals surface area contributed by atoms with E-state index in [1.807, 2.05) is 30.3 Å². The quantitative estimate of drug-likeness (QED) is 0.879. The van der Waals surface area contributed by atoms with Crippen LogP contribution >= 0.6 is 0 Å². The highest BCUT2D eigenvalue weighted by atomic mass is 19.1. The predicted molar refractivity (Wildman–Crippen MR) is 75.6 cm³/mol. The fourth-order valence-corrected chi connectivity index (χ4v) is 1.89. The minimum atomic E-state index is -0.160. The Hall–Kier alpha value is -1.87. The van der Waals surface area contributed by atoms with Crippen molar-refractivity contribution < 1.29 is 9.13 Å². The number of rotatable bonds is 5. The van der Waals surface area contributed by atoms with Crippen LogP contribution in [0.15, 0.2) is 42.5 Å². The maximum atomic E-state index is 13.4. The maximum absolute atomic E-state index is 13.4. The molecule has 0 saturated heterocycles. The van der Waals surface area contributed by atoms with Crippen molar-refractivity contribution in [2.24, 2.45) is 0 Å². The Morgan fingerprint density at radius 2 is 1.95 bits per heavy atom. The average Bonchev–Trinajstić information content (AvgIpc) is 2.41. The third kappa shape index (κ3) is 3.80. The first-order valence-electron chi connectivity index (χ1n) is 6.26. The van der Waals surface area contributed by atoms with E-state index < -0.39 is 0 Å². The minimum Gasteiger partial charge on any atom is -0.381 e. The number of anilines is 1. The van der Waals surface area contributed by atoms with E-state index in [1.54, 1.807) is 26.2 Å². The molecule has 2 aromatic rings. The lowest BCUT2D eigenvalue weighted by Crippen LogP contribution is -2.01. The molecule has 0 unspecified atom stereocenters. The third-order valence-corrected chi connectivity index (χ3v) is 2.97. The average molecular weight is 259 g/mol. The highest BCUT2D eigenvalue weighted by molar-refractivity contribution is 5.46. The van der Waals surface area contributed by atoms with E-state index >= 15 is 0 Å². The summed E-state index contributed by atoms with van der Waals surface area (Å²) in [6.07, 6.45) is 0. The molecule has 100 valence electrons. The van der Waals surface area contributed by atoms with Gasteiger partial charge < -0.3 is 10.1 Å². The Labute approximate surface area is 113 Å². The summed E-state index contributed by atoms with van der Waals surface area (Å²) in [4.78, 5) is 0. The molecule has 2 rings (SSSR count). The molecule has 0 heterocycles. The molecule has 0 aromatic heterocycles. The van der Waals surface area contributed by atoms with Crippen molar-refractivity contribution in [1.29, 1.82) is 0 Å². The molecule has 0 amide bonds. The van der Waals surface area contributed by atoms with Crippen LogP contribution in [0, 0.1) is 12.7 Å². The van der Waals surface area contributed by atoms with E-state index in [2.05, 4.69) is 5.32 Å². The van der Waals surface area contributed by atoms with E-state index in [0.717, 1.165) is 16.8 Å². The number of hydrogen-bond donors (Lipinski definition) is 1. The standard InChI is InChI=1S/C16H18FNO/c1-12-6-7-13(9-16(12)17)10-18-15-5-3-4-14(8-15)11-19-2/h3-9,18H,10-11H2,1-2H3. The van der Waals surface area contributed by atoms with Crippen LogP contribution in [-0.2, 0) is 17.9 Å². The third-order valence-electron chi connectivity index (χ3n) is 2.97. The zero-order chi connectivity index (χ0) is 13.7. The minimum absolute atomic E-state index is 0.160. The Morgan fingerprint density at radius 3 is 2.68 bits per heavy atom. The fraction of sp³-hybridized carbons (Fsp3) is 0.250. The molecule has 0 radical (unpaired) electrons. The van der Waals surface area contributed by atoms with Crippen molar-refractivity contribution in [2.75, 3.05) is 12.4 Å². The van der Waals surface area contributed by atoms with Gasteiger partial charge in [0.05, 0.1) is 6.61 Å². The molecule has 0 spiro atoms. The zero-order valence-electron chi connectivity index (χ0n) is 11.2. The van der Waals surface area contributed by atoms with Gasteiger partial charge in [-0.25, -0.2) is 4.39 Å². The number of benzene rings is 2. The van der Waals surface area contributed by atoms with Gasteiger partial charge in [0.1, 0.15) is 5.82 Å². The Bertz CT molecular complexity index is 554. The second kappa shape index (κ2) is 6.34. The van der Waals surface area contributed by atoms with E-state index in [0.29, 0.717) is 18.7 Å². The number of hydrogen-bond acceptors (Lipinski definition) is 2. The molecule has 0 aliphatic rings. The molecule has 2 aromatic carbocycles. The monoisotopic (exact) mass is 259 g/mol. The Balaban J connectivity index is 2.01. The summed E-state index contributed by atoms with van der Waals surface area (Å²) >= 11 is 0. The summed E-state index contributed by atoms with van der Waals surface area (Å²) in [6, 6.07) is 13.3. The number of methoxy groups -OCH3 is 1. The van der Waals surface area contributed by atoms with Gasteiger partial charge in [-0.1, -0.05) is 24.3 Å². The van der Waals surface area contributed by atoms with Crippen molar-refractivity contribution in [3.05, 3.63) is 65.0 Å². The van der Waals surface area contributed by atoms with Crippen LogP contribution in [0.1, 0.15) is 16.7 Å². The van der Waals surface area contributed by atoms with Gasteiger partial charge in [-0.05, 0) is 41.8 Å². The number of ether oxygens (including phenoxy) is 1. The first-order chi connectivity index (χ1) is 9.19. The lowest BCUT2D eigenvalue weighted by molar-refractivity contribution is 0.185. The van der Waals surface area contributed by atoms with Crippen LogP contribution < -0.4 is 5.32 Å². The van der Waals surface area contributed by atoms with Crippen molar-refractivity contribution in [3.8, 4) is 0 Å². The Kier molecular flexibility index (Phi) is 4.53. The van der Waals surface area contributed by atoms with Gasteiger partial charge in [0.2, 0.25) is 0 Å². The molecule has 2 nitrogen and oxygen atoms in total. The summed E-state index contributed by atoms with van der Waals surface area (Å²) in [5.41, 5.74) is 3.73. The predicted octanol–water partition coefficient (Wildman–Crippen LogP) is 3.89. The van der Waals surface area contributed by atoms with E-state index in [1.165, 1.54) is 0 Å². The zero-order valence-corrected chi connectivity index (χ0v) is 11.2. The molecular weight excluding hydrogens is 241 g/mol. The summed E-state index contributed by atoms with van der Waals surface area (Å²) < 4.78 is 18.5. The molecule has 0 fully saturated rings. The lowest BCUT2D eigenvalue weighted by atomic mass is 10.1. The van der Waals surface area contributed by atoms with Crippen molar-refractivity contribution in [1.82, 2.24) is 0 Å². The van der Waals surface area contributed by atoms with Crippen molar-refractivity contribution in [3.63, 3.8) is 0 Å². The lowest BCUT2D eigenvalue weighted by Gasteiger charge is -2.09. The van der Waals surface area contributed by atoms with Gasteiger partial charge in [0, 0.05) is 19.3 Å². The van der Waals surface area contributed by atoms with Gasteiger partial charge >= 0.3 is 0 Å². The van der Waals surface area contributed by atoms with Crippen LogP contribution in [0.2, 0.25) is 0 Å². The van der Waals surface area contributed by atoms with Crippen LogP contribution in [0.25, 0.3) is 0 Å². The summed E-state index contributed by atoms with van der Waals surface area (Å²) in [5, 5.41) is 3.28. The molecule has 0 bridgehead atoms. The second-order valence-corrected chi connectivity index (χ2v) is 4.57. The van der Waals surface area contributed by atoms with Crippen LogP contribution in [0.5, 0.6) is 0 Å². The molecule has 0 saturated carbocycles. The van der Waals surface area contributed by atoms with Crippen LogP contribution in [0.3, 0.4) is 0 Å². The van der Waals surface area contributed by atoms with E-state index in [4.69, 9.17) is 4.74 Å². The topological polar surface area (TPSA) is 21.3 Å². The SMILES string of the molecule is COCc1cccc(NCc2ccc(C)c(F)c2)c1. The van der Waals surface area contributed by atoms with Gasteiger partial charge in [0.15, 0.2) is 0 Å². The van der Waals surface area contributed by atoms with Gasteiger partial charge in [-0.3, -0.25) is 0 Å². The summed E-state index contributed by atoms with van der Waals surface area (Å²) in [7, 11) is 1.68. The van der Waals surface area contributed by atoms with Crippen LogP contribution in [0.4, 0.5) is 10.1 Å². The molecule has 0 aliphatic carbocycles. The smallest absolute Gasteiger partial charge is 0.126 e. The van der Waals surface area contributed by atoms with E-state index in [-0.39, 0.29) is 5.82 Å². The largest absolute Gasteiger partial charge is 0.381 e. The van der Waals surface area contributed by atoms with Crippen molar-refractivity contribution in [2.45, 2.75) is 20.1 Å². The molecular formula is C16H18FNO. The van der Waals surface area contributed by atoms with Gasteiger partial charge in [-0.2, -0.15) is 0 Å². The van der Waals surface area contributed by atoms with Gasteiger partial charge in [-0.15, -0.1) is 0 Å². The van der Waals surface area contributed by atoms with Gasteiger partial charge in [0.25, 0.3) is 0 Å². The molecule has 0 atom stereocenters. The summed E-state index contributed by atoms with van der Waals surface area (Å²) in [6.45, 7) is 2.96. The summed E-state index contributed by atoms with van der Waals surface area (Å²) in [5.74, 6) is -0.160. The second-order valence-electron chi connectivity index (χ2n) is 4.57. The molecule has 0 aliphatic heterocycles.